The molecule has 1 aromatic heterocycles. The van der Waals surface area contributed by atoms with Gasteiger partial charge < -0.3 is 4.74 Å². The molecule has 1 aromatic carbocycles. The van der Waals surface area contributed by atoms with Crippen LogP contribution in [0.1, 0.15) is 18.9 Å². The fraction of sp³-hybridized carbons (Fsp3) is 0.438. The Morgan fingerprint density at radius 3 is 2.75 bits per heavy atom. The zero-order valence-corrected chi connectivity index (χ0v) is 12.4. The summed E-state index contributed by atoms with van der Waals surface area (Å²) in [6.45, 7) is 4.02. The third kappa shape index (κ3) is 3.05. The van der Waals surface area contributed by atoms with E-state index in [4.69, 9.17) is 16.3 Å². The largest absolute Gasteiger partial charge is 0.369 e. The Kier molecular flexibility index (Phi) is 3.81. The summed E-state index contributed by atoms with van der Waals surface area (Å²) in [6.07, 6.45) is 5.91. The van der Waals surface area contributed by atoms with E-state index >= 15 is 0 Å². The number of nitrogens with zero attached hydrogens (tertiary/aromatic N) is 2. The molecule has 4 heteroatoms. The van der Waals surface area contributed by atoms with Crippen molar-refractivity contribution >= 4 is 11.6 Å². The fourth-order valence-electron chi connectivity index (χ4n) is 2.63. The molecule has 0 N–H and O–H groups in total. The van der Waals surface area contributed by atoms with E-state index in [1.165, 1.54) is 5.56 Å². The molecule has 0 radical (unpaired) electrons. The number of ether oxygens (including phenoxy) is 1. The van der Waals surface area contributed by atoms with Gasteiger partial charge in [0.15, 0.2) is 0 Å². The molecule has 2 atom stereocenters. The van der Waals surface area contributed by atoms with Gasteiger partial charge in [-0.2, -0.15) is 5.10 Å². The quantitative estimate of drug-likeness (QED) is 0.761. The SMILES string of the molecule is CC(Cn1cccn1)C1(CCc2ccc(Cl)cc2)CO1. The second kappa shape index (κ2) is 5.58. The van der Waals surface area contributed by atoms with Crippen LogP contribution in [-0.2, 0) is 17.7 Å². The van der Waals surface area contributed by atoms with Gasteiger partial charge in [-0.15, -0.1) is 0 Å². The van der Waals surface area contributed by atoms with Gasteiger partial charge in [0, 0.05) is 29.9 Å². The molecular weight excluding hydrogens is 272 g/mol. The molecule has 0 bridgehead atoms. The highest BCUT2D eigenvalue weighted by Gasteiger charge is 2.48. The minimum atomic E-state index is 0.0333. The summed E-state index contributed by atoms with van der Waals surface area (Å²) < 4.78 is 7.77. The standard InChI is InChI=1S/C16H19ClN2O/c1-13(11-19-10-2-9-18-19)16(12-20-16)8-7-14-3-5-15(17)6-4-14/h2-6,9-10,13H,7-8,11-12H2,1H3. The molecular formula is C16H19ClN2O. The molecule has 3 rings (SSSR count). The predicted octanol–water partition coefficient (Wildman–Crippen LogP) is 3.57. The molecule has 2 unspecified atom stereocenters. The first-order valence-corrected chi connectivity index (χ1v) is 7.42. The number of aryl methyl sites for hydroxylation is 1. The van der Waals surface area contributed by atoms with Crippen molar-refractivity contribution in [2.24, 2.45) is 5.92 Å². The maximum Gasteiger partial charge on any atom is 0.0962 e. The summed E-state index contributed by atoms with van der Waals surface area (Å²) in [5.41, 5.74) is 1.35. The van der Waals surface area contributed by atoms with Crippen molar-refractivity contribution in [1.82, 2.24) is 9.78 Å². The predicted molar refractivity (Wildman–Crippen MR) is 79.8 cm³/mol. The second-order valence-corrected chi connectivity index (χ2v) is 6.05. The summed E-state index contributed by atoms with van der Waals surface area (Å²) >= 11 is 5.91. The summed E-state index contributed by atoms with van der Waals surface area (Å²) in [4.78, 5) is 0. The van der Waals surface area contributed by atoms with Crippen LogP contribution in [0.3, 0.4) is 0 Å². The van der Waals surface area contributed by atoms with Gasteiger partial charge in [-0.25, -0.2) is 0 Å². The van der Waals surface area contributed by atoms with Gasteiger partial charge in [0.05, 0.1) is 12.2 Å². The molecule has 0 saturated carbocycles. The topological polar surface area (TPSA) is 30.4 Å². The van der Waals surface area contributed by atoms with Gasteiger partial charge >= 0.3 is 0 Å². The minimum absolute atomic E-state index is 0.0333. The van der Waals surface area contributed by atoms with Crippen LogP contribution in [-0.4, -0.2) is 22.0 Å². The van der Waals surface area contributed by atoms with Crippen molar-refractivity contribution < 1.29 is 4.74 Å². The third-order valence-corrected chi connectivity index (χ3v) is 4.44. The van der Waals surface area contributed by atoms with Gasteiger partial charge in [0.25, 0.3) is 0 Å². The smallest absolute Gasteiger partial charge is 0.0962 e. The zero-order chi connectivity index (χ0) is 14.0. The number of halogens is 1. The van der Waals surface area contributed by atoms with Crippen molar-refractivity contribution in [3.05, 3.63) is 53.3 Å². The van der Waals surface area contributed by atoms with E-state index in [-0.39, 0.29) is 5.60 Å². The normalized spacial score (nSPS) is 22.7. The molecule has 0 spiro atoms. The van der Waals surface area contributed by atoms with Crippen molar-refractivity contribution in [1.29, 1.82) is 0 Å². The Hall–Kier alpha value is -1.32. The molecule has 1 fully saturated rings. The Morgan fingerprint density at radius 2 is 2.15 bits per heavy atom. The van der Waals surface area contributed by atoms with Crippen LogP contribution in [0.5, 0.6) is 0 Å². The number of benzene rings is 1. The number of hydrogen-bond acceptors (Lipinski definition) is 2. The average molecular weight is 291 g/mol. The van der Waals surface area contributed by atoms with Crippen LogP contribution >= 0.6 is 11.6 Å². The Labute approximate surface area is 124 Å². The lowest BCUT2D eigenvalue weighted by Crippen LogP contribution is -2.27. The van der Waals surface area contributed by atoms with Crippen LogP contribution in [0, 0.1) is 5.92 Å². The Balaban J connectivity index is 1.57. The van der Waals surface area contributed by atoms with E-state index in [9.17, 15) is 0 Å². The van der Waals surface area contributed by atoms with Gasteiger partial charge in [0.2, 0.25) is 0 Å². The molecule has 20 heavy (non-hydrogen) atoms. The van der Waals surface area contributed by atoms with Crippen molar-refractivity contribution in [3.63, 3.8) is 0 Å². The monoisotopic (exact) mass is 290 g/mol. The van der Waals surface area contributed by atoms with E-state index < -0.39 is 0 Å². The lowest BCUT2D eigenvalue weighted by molar-refractivity contribution is 0.194. The molecule has 0 aliphatic carbocycles. The molecule has 106 valence electrons. The van der Waals surface area contributed by atoms with Gasteiger partial charge in [-0.05, 0) is 36.6 Å². The summed E-state index contributed by atoms with van der Waals surface area (Å²) in [6, 6.07) is 10.0. The zero-order valence-electron chi connectivity index (χ0n) is 11.6. The first kappa shape index (κ1) is 13.7. The van der Waals surface area contributed by atoms with Gasteiger partial charge in [0.1, 0.15) is 0 Å². The number of rotatable bonds is 6. The highest BCUT2D eigenvalue weighted by molar-refractivity contribution is 6.30. The van der Waals surface area contributed by atoms with E-state index in [0.29, 0.717) is 5.92 Å². The maximum atomic E-state index is 5.91. The number of epoxide rings is 1. The molecule has 0 amide bonds. The lowest BCUT2D eigenvalue weighted by atomic mass is 9.88. The Bertz CT molecular complexity index is 546. The first-order chi connectivity index (χ1) is 9.68. The van der Waals surface area contributed by atoms with E-state index in [2.05, 4.69) is 24.2 Å². The van der Waals surface area contributed by atoms with Crippen LogP contribution in [0.4, 0.5) is 0 Å². The maximum absolute atomic E-state index is 5.91. The van der Waals surface area contributed by atoms with Gasteiger partial charge in [-0.1, -0.05) is 30.7 Å². The number of aromatic nitrogens is 2. The fourth-order valence-corrected chi connectivity index (χ4v) is 2.76. The summed E-state index contributed by atoms with van der Waals surface area (Å²) in [5.74, 6) is 0.467. The molecule has 1 aliphatic heterocycles. The third-order valence-electron chi connectivity index (χ3n) is 4.18. The van der Waals surface area contributed by atoms with Crippen LogP contribution < -0.4 is 0 Å². The van der Waals surface area contributed by atoms with Crippen molar-refractivity contribution in [2.45, 2.75) is 31.9 Å². The molecule has 2 heterocycles. The van der Waals surface area contributed by atoms with Crippen LogP contribution in [0.15, 0.2) is 42.7 Å². The second-order valence-electron chi connectivity index (χ2n) is 5.61. The first-order valence-electron chi connectivity index (χ1n) is 7.04. The summed E-state index contributed by atoms with van der Waals surface area (Å²) in [5, 5.41) is 5.06. The van der Waals surface area contributed by atoms with E-state index in [1.54, 1.807) is 0 Å². The molecule has 1 aliphatic rings. The summed E-state index contributed by atoms with van der Waals surface area (Å²) in [7, 11) is 0. The number of hydrogen-bond donors (Lipinski definition) is 0. The van der Waals surface area contributed by atoms with E-state index in [1.807, 2.05) is 35.3 Å². The molecule has 1 saturated heterocycles. The average Bonchev–Trinajstić information content (AvgIpc) is 3.08. The Morgan fingerprint density at radius 1 is 1.40 bits per heavy atom. The van der Waals surface area contributed by atoms with Crippen LogP contribution in [0.25, 0.3) is 0 Å². The van der Waals surface area contributed by atoms with Gasteiger partial charge in [-0.3, -0.25) is 4.68 Å². The van der Waals surface area contributed by atoms with Crippen molar-refractivity contribution in [2.75, 3.05) is 6.61 Å². The molecule has 2 aromatic rings. The van der Waals surface area contributed by atoms with E-state index in [0.717, 1.165) is 31.0 Å². The van der Waals surface area contributed by atoms with Crippen molar-refractivity contribution in [3.8, 4) is 0 Å². The molecule has 3 nitrogen and oxygen atoms in total. The highest BCUT2D eigenvalue weighted by atomic mass is 35.5. The van der Waals surface area contributed by atoms with Crippen LogP contribution in [0.2, 0.25) is 5.02 Å². The minimum Gasteiger partial charge on any atom is -0.369 e. The highest BCUT2D eigenvalue weighted by Crippen LogP contribution is 2.40. The lowest BCUT2D eigenvalue weighted by Gasteiger charge is -2.20.